The molecule has 1 spiro atoms. The topological polar surface area (TPSA) is 83.7 Å². The van der Waals surface area contributed by atoms with Gasteiger partial charge in [-0.1, -0.05) is 0 Å². The lowest BCUT2D eigenvalue weighted by atomic mass is 9.85. The number of β-lactam (4-membered cyclic amide) rings is 1. The van der Waals surface area contributed by atoms with E-state index in [0.29, 0.717) is 19.5 Å². The molecule has 1 atom stereocenters. The average Bonchev–Trinajstić information content (AvgIpc) is 2.62. The lowest BCUT2D eigenvalue weighted by Gasteiger charge is -2.50. The van der Waals surface area contributed by atoms with E-state index in [1.165, 1.54) is 11.8 Å². The molecule has 0 radical (unpaired) electrons. The number of hydrogen-bond acceptors (Lipinski definition) is 3. The molecule has 2 saturated heterocycles. The zero-order valence-electron chi connectivity index (χ0n) is 9.23. The van der Waals surface area contributed by atoms with Gasteiger partial charge in [0.05, 0.1) is 13.1 Å². The zero-order chi connectivity index (χ0) is 11.9. The quantitative estimate of drug-likeness (QED) is 0.592. The predicted octanol–water partition coefficient (Wildman–Crippen LogP) is -1.30. The Morgan fingerprint density at radius 2 is 2.19 bits per heavy atom. The number of carbonyl (C=O) groups is 3. The highest BCUT2D eigenvalue weighted by Gasteiger charge is 2.58. The molecule has 2 N–H and O–H groups in total. The highest BCUT2D eigenvalue weighted by Crippen LogP contribution is 2.38. The summed E-state index contributed by atoms with van der Waals surface area (Å²) in [7, 11) is 0. The van der Waals surface area contributed by atoms with Crippen LogP contribution in [0.2, 0.25) is 0 Å². The highest BCUT2D eigenvalue weighted by molar-refractivity contribution is 5.98. The van der Waals surface area contributed by atoms with Crippen molar-refractivity contribution in [2.24, 2.45) is 5.73 Å². The van der Waals surface area contributed by atoms with Gasteiger partial charge in [-0.25, -0.2) is 0 Å². The number of nitrogens with zero attached hydrogens (tertiary/aromatic N) is 2. The van der Waals surface area contributed by atoms with Crippen molar-refractivity contribution in [3.63, 3.8) is 0 Å². The minimum atomic E-state index is -0.665. The molecule has 88 valence electrons. The summed E-state index contributed by atoms with van der Waals surface area (Å²) in [5, 5.41) is 0. The van der Waals surface area contributed by atoms with Crippen LogP contribution in [0.3, 0.4) is 0 Å². The second-order valence-electron chi connectivity index (χ2n) is 4.43. The minimum Gasteiger partial charge on any atom is -0.368 e. The second-order valence-corrected chi connectivity index (χ2v) is 4.43. The molecule has 3 amide bonds. The Kier molecular flexibility index (Phi) is 2.36. The Morgan fingerprint density at radius 1 is 1.50 bits per heavy atom. The molecule has 6 heteroatoms. The summed E-state index contributed by atoms with van der Waals surface area (Å²) in [5.74, 6) is -0.737. The molecule has 0 aromatic heterocycles. The summed E-state index contributed by atoms with van der Waals surface area (Å²) >= 11 is 0. The van der Waals surface area contributed by atoms with E-state index in [0.717, 1.165) is 6.42 Å². The monoisotopic (exact) mass is 225 g/mol. The van der Waals surface area contributed by atoms with Crippen LogP contribution < -0.4 is 5.73 Å². The van der Waals surface area contributed by atoms with Crippen LogP contribution in [0.15, 0.2) is 0 Å². The smallest absolute Gasteiger partial charge is 0.250 e. The first-order chi connectivity index (χ1) is 7.47. The number of rotatable bonds is 2. The molecule has 0 bridgehead atoms. The minimum absolute atomic E-state index is 0.0493. The van der Waals surface area contributed by atoms with Gasteiger partial charge in [-0.15, -0.1) is 0 Å². The fourth-order valence-corrected chi connectivity index (χ4v) is 2.70. The molecule has 0 saturated carbocycles. The molecule has 2 aliphatic rings. The standard InChI is InChI=1S/C10H15N3O3/c1-7(14)13-4-2-3-10(13)6-12(9(10)16)5-8(11)15/h2-6H2,1H3,(H2,11,15). The van der Waals surface area contributed by atoms with Crippen LogP contribution in [0.4, 0.5) is 0 Å². The van der Waals surface area contributed by atoms with Crippen molar-refractivity contribution in [1.29, 1.82) is 0 Å². The SMILES string of the molecule is CC(=O)N1CCCC12CN(CC(N)=O)C2=O. The van der Waals surface area contributed by atoms with E-state index in [1.807, 2.05) is 0 Å². The van der Waals surface area contributed by atoms with E-state index in [1.54, 1.807) is 4.90 Å². The van der Waals surface area contributed by atoms with Crippen LogP contribution in [0.1, 0.15) is 19.8 Å². The van der Waals surface area contributed by atoms with Gasteiger partial charge in [0.15, 0.2) is 0 Å². The van der Waals surface area contributed by atoms with Crippen LogP contribution in [0.5, 0.6) is 0 Å². The first-order valence-electron chi connectivity index (χ1n) is 5.33. The molecule has 2 fully saturated rings. The van der Waals surface area contributed by atoms with Crippen LogP contribution in [0.25, 0.3) is 0 Å². The Hall–Kier alpha value is -1.59. The highest BCUT2D eigenvalue weighted by atomic mass is 16.2. The van der Waals surface area contributed by atoms with Gasteiger partial charge in [0.2, 0.25) is 11.8 Å². The number of nitrogens with two attached hydrogens (primary N) is 1. The second kappa shape index (κ2) is 3.47. The normalized spacial score (nSPS) is 28.4. The molecule has 2 aliphatic heterocycles. The van der Waals surface area contributed by atoms with Gasteiger partial charge >= 0.3 is 0 Å². The van der Waals surface area contributed by atoms with Gasteiger partial charge in [-0.05, 0) is 12.8 Å². The zero-order valence-corrected chi connectivity index (χ0v) is 9.23. The molecule has 6 nitrogen and oxygen atoms in total. The number of likely N-dealkylation sites (tertiary alicyclic amines) is 2. The number of amides is 3. The summed E-state index contributed by atoms with van der Waals surface area (Å²) in [6.45, 7) is 2.49. The van der Waals surface area contributed by atoms with Crippen molar-refractivity contribution in [3.8, 4) is 0 Å². The summed E-state index contributed by atoms with van der Waals surface area (Å²) < 4.78 is 0. The molecule has 0 aliphatic carbocycles. The van der Waals surface area contributed by atoms with E-state index in [4.69, 9.17) is 5.73 Å². The van der Waals surface area contributed by atoms with Gasteiger partial charge in [0.25, 0.3) is 5.91 Å². The lowest BCUT2D eigenvalue weighted by molar-refractivity contribution is -0.167. The van der Waals surface area contributed by atoms with Gasteiger partial charge in [0.1, 0.15) is 5.54 Å². The molecule has 16 heavy (non-hydrogen) atoms. The Balaban J connectivity index is 2.10. The van der Waals surface area contributed by atoms with Crippen LogP contribution in [-0.4, -0.2) is 52.7 Å². The van der Waals surface area contributed by atoms with E-state index >= 15 is 0 Å². The maximum Gasteiger partial charge on any atom is 0.250 e. The fourth-order valence-electron chi connectivity index (χ4n) is 2.70. The predicted molar refractivity (Wildman–Crippen MR) is 55.1 cm³/mol. The summed E-state index contributed by atoms with van der Waals surface area (Å²) in [6, 6.07) is 0. The number of carbonyl (C=O) groups excluding carboxylic acids is 3. The number of hydrogen-bond donors (Lipinski definition) is 1. The third kappa shape index (κ3) is 1.36. The van der Waals surface area contributed by atoms with Crippen LogP contribution in [-0.2, 0) is 14.4 Å². The van der Waals surface area contributed by atoms with Crippen molar-refractivity contribution >= 4 is 17.7 Å². The van der Waals surface area contributed by atoms with E-state index < -0.39 is 11.4 Å². The van der Waals surface area contributed by atoms with E-state index in [2.05, 4.69) is 0 Å². The van der Waals surface area contributed by atoms with Crippen LogP contribution >= 0.6 is 0 Å². The first-order valence-corrected chi connectivity index (χ1v) is 5.33. The van der Waals surface area contributed by atoms with Crippen molar-refractivity contribution in [3.05, 3.63) is 0 Å². The largest absolute Gasteiger partial charge is 0.368 e. The first kappa shape index (κ1) is 10.9. The molecule has 1 unspecified atom stereocenters. The maximum atomic E-state index is 12.0. The summed E-state index contributed by atoms with van der Waals surface area (Å²) in [5.41, 5.74) is 4.37. The molecule has 0 aromatic rings. The van der Waals surface area contributed by atoms with Gasteiger partial charge in [-0.2, -0.15) is 0 Å². The van der Waals surface area contributed by atoms with Crippen LogP contribution in [0, 0.1) is 0 Å². The van der Waals surface area contributed by atoms with Gasteiger partial charge in [0, 0.05) is 13.5 Å². The van der Waals surface area contributed by atoms with Crippen molar-refractivity contribution in [2.75, 3.05) is 19.6 Å². The van der Waals surface area contributed by atoms with Gasteiger partial charge < -0.3 is 15.5 Å². The Labute approximate surface area is 93.4 Å². The fraction of sp³-hybridized carbons (Fsp3) is 0.700. The van der Waals surface area contributed by atoms with Crippen molar-refractivity contribution < 1.29 is 14.4 Å². The lowest BCUT2D eigenvalue weighted by Crippen LogP contribution is -2.73. The Bertz CT molecular complexity index is 368. The number of primary amides is 1. The molecular weight excluding hydrogens is 210 g/mol. The maximum absolute atomic E-state index is 12.0. The third-order valence-corrected chi connectivity index (χ3v) is 3.35. The molecule has 2 heterocycles. The Morgan fingerprint density at radius 3 is 2.69 bits per heavy atom. The summed E-state index contributed by atoms with van der Waals surface area (Å²) in [6.07, 6.45) is 1.54. The third-order valence-electron chi connectivity index (χ3n) is 3.35. The molecule has 0 aromatic carbocycles. The average molecular weight is 225 g/mol. The van der Waals surface area contributed by atoms with Crippen molar-refractivity contribution in [1.82, 2.24) is 9.80 Å². The molecule has 2 rings (SSSR count). The van der Waals surface area contributed by atoms with E-state index in [-0.39, 0.29) is 18.4 Å². The van der Waals surface area contributed by atoms with Gasteiger partial charge in [-0.3, -0.25) is 14.4 Å². The van der Waals surface area contributed by atoms with E-state index in [9.17, 15) is 14.4 Å². The summed E-state index contributed by atoms with van der Waals surface area (Å²) in [4.78, 5) is 37.1. The van der Waals surface area contributed by atoms with Crippen molar-refractivity contribution in [2.45, 2.75) is 25.3 Å². The molecular formula is C10H15N3O3.